The van der Waals surface area contributed by atoms with Crippen LogP contribution in [0, 0.1) is 0 Å². The lowest BCUT2D eigenvalue weighted by atomic mass is 9.99. The fraction of sp³-hybridized carbons (Fsp3) is 0.800. The summed E-state index contributed by atoms with van der Waals surface area (Å²) in [5.41, 5.74) is 0. The van der Waals surface area contributed by atoms with Crippen LogP contribution < -0.4 is 5.32 Å². The molecule has 1 rings (SSSR count). The number of aliphatic hydroxyl groups is 5. The number of allylic oxidation sites excluding steroid dienone is 6. The van der Waals surface area contributed by atoms with E-state index in [1.165, 1.54) is 19.3 Å². The zero-order chi connectivity index (χ0) is 32.4. The van der Waals surface area contributed by atoms with Crippen molar-refractivity contribution < 1.29 is 39.8 Å². The van der Waals surface area contributed by atoms with Crippen LogP contribution in [0.2, 0.25) is 0 Å². The van der Waals surface area contributed by atoms with E-state index < -0.39 is 49.5 Å². The highest BCUT2D eigenvalue weighted by Crippen LogP contribution is 2.22. The molecule has 6 N–H and O–H groups in total. The zero-order valence-electron chi connectivity index (χ0n) is 27.4. The molecule has 1 heterocycles. The van der Waals surface area contributed by atoms with Crippen LogP contribution in [0.4, 0.5) is 0 Å². The molecule has 0 aromatic heterocycles. The summed E-state index contributed by atoms with van der Waals surface area (Å²) < 4.78 is 11.1. The molecule has 44 heavy (non-hydrogen) atoms. The molecular formula is C35H63NO8. The molecule has 1 aliphatic heterocycles. The van der Waals surface area contributed by atoms with Gasteiger partial charge in [0.15, 0.2) is 6.29 Å². The van der Waals surface area contributed by atoms with Gasteiger partial charge in [0.1, 0.15) is 24.4 Å². The molecule has 0 aliphatic carbocycles. The van der Waals surface area contributed by atoms with Gasteiger partial charge >= 0.3 is 0 Å². The Morgan fingerprint density at radius 3 is 2.07 bits per heavy atom. The topological polar surface area (TPSA) is 149 Å². The van der Waals surface area contributed by atoms with Crippen molar-refractivity contribution in [3.05, 3.63) is 36.5 Å². The maximum atomic E-state index is 12.7. The Balaban J connectivity index is 2.32. The Labute approximate surface area is 266 Å². The standard InChI is InChI=1S/C35H63NO8/c1-3-5-7-9-10-11-12-13-14-15-16-17-18-19-20-21-23-25-31(39)36-28(29(38)24-22-8-6-4-2)27-43-35-34(42)33(41)32(40)30(26-37)44-35/h5,7,10-11,13-14,28-30,32-35,37-38,40-42H,3-4,6,8-9,12,15-27H2,1-2H3,(H,36,39)/b7-5-,11-10-,14-13-. The first-order valence-electron chi connectivity index (χ1n) is 17.2. The minimum absolute atomic E-state index is 0.147. The number of aliphatic hydroxyl groups excluding tert-OH is 5. The molecule has 0 bridgehead atoms. The van der Waals surface area contributed by atoms with Gasteiger partial charge in [-0.1, -0.05) is 108 Å². The SMILES string of the molecule is CC/C=C\C/C=C\C/C=C\CCCCCCCCCC(=O)NC(COC1OC(CO)C(O)C(O)C1O)C(O)CCCCCC. The molecule has 9 nitrogen and oxygen atoms in total. The summed E-state index contributed by atoms with van der Waals surface area (Å²) in [7, 11) is 0. The van der Waals surface area contributed by atoms with Crippen molar-refractivity contribution in [3.8, 4) is 0 Å². The Morgan fingerprint density at radius 1 is 0.795 bits per heavy atom. The van der Waals surface area contributed by atoms with Gasteiger partial charge in [0.2, 0.25) is 5.91 Å². The molecule has 0 aromatic rings. The van der Waals surface area contributed by atoms with Gasteiger partial charge in [0.25, 0.3) is 0 Å². The van der Waals surface area contributed by atoms with E-state index in [2.05, 4.69) is 55.6 Å². The van der Waals surface area contributed by atoms with E-state index >= 15 is 0 Å². The number of rotatable bonds is 26. The summed E-state index contributed by atoms with van der Waals surface area (Å²) >= 11 is 0. The van der Waals surface area contributed by atoms with Crippen LogP contribution in [0.25, 0.3) is 0 Å². The predicted octanol–water partition coefficient (Wildman–Crippen LogP) is 4.99. The molecule has 7 atom stereocenters. The highest BCUT2D eigenvalue weighted by Gasteiger charge is 2.44. The number of hydrogen-bond donors (Lipinski definition) is 6. The van der Waals surface area contributed by atoms with Gasteiger partial charge in [-0.25, -0.2) is 0 Å². The van der Waals surface area contributed by atoms with Crippen LogP contribution in [-0.4, -0.2) is 87.5 Å². The second-order valence-electron chi connectivity index (χ2n) is 11.9. The molecule has 1 fully saturated rings. The molecule has 1 amide bonds. The molecule has 0 aromatic carbocycles. The second-order valence-corrected chi connectivity index (χ2v) is 11.9. The van der Waals surface area contributed by atoms with Gasteiger partial charge in [-0.2, -0.15) is 0 Å². The first-order valence-corrected chi connectivity index (χ1v) is 17.2. The molecular weight excluding hydrogens is 562 g/mol. The number of carbonyl (C=O) groups is 1. The first kappa shape index (κ1) is 40.4. The minimum Gasteiger partial charge on any atom is -0.394 e. The van der Waals surface area contributed by atoms with E-state index in [0.717, 1.165) is 77.0 Å². The van der Waals surface area contributed by atoms with Gasteiger partial charge in [-0.3, -0.25) is 4.79 Å². The van der Waals surface area contributed by atoms with Crippen molar-refractivity contribution in [2.24, 2.45) is 0 Å². The number of hydrogen-bond acceptors (Lipinski definition) is 8. The maximum absolute atomic E-state index is 12.7. The highest BCUT2D eigenvalue weighted by molar-refractivity contribution is 5.76. The summed E-state index contributed by atoms with van der Waals surface area (Å²) in [5.74, 6) is -0.168. The lowest BCUT2D eigenvalue weighted by molar-refractivity contribution is -0.302. The first-order chi connectivity index (χ1) is 21.3. The van der Waals surface area contributed by atoms with Crippen molar-refractivity contribution in [2.75, 3.05) is 13.2 Å². The van der Waals surface area contributed by atoms with E-state index in [4.69, 9.17) is 9.47 Å². The largest absolute Gasteiger partial charge is 0.394 e. The third-order valence-corrected chi connectivity index (χ3v) is 8.01. The number of carbonyl (C=O) groups excluding carboxylic acids is 1. The summed E-state index contributed by atoms with van der Waals surface area (Å²) in [6.45, 7) is 3.55. The monoisotopic (exact) mass is 625 g/mol. The van der Waals surface area contributed by atoms with E-state index in [9.17, 15) is 30.3 Å². The summed E-state index contributed by atoms with van der Waals surface area (Å²) in [6.07, 6.45) is 22.1. The molecule has 1 aliphatic rings. The van der Waals surface area contributed by atoms with Crippen LogP contribution in [0.1, 0.15) is 123 Å². The third-order valence-electron chi connectivity index (χ3n) is 8.01. The normalized spacial score (nSPS) is 24.0. The van der Waals surface area contributed by atoms with Gasteiger partial charge in [-0.15, -0.1) is 0 Å². The van der Waals surface area contributed by atoms with Crippen molar-refractivity contribution in [2.45, 2.75) is 166 Å². The summed E-state index contributed by atoms with van der Waals surface area (Å²) in [5, 5.41) is 53.4. The van der Waals surface area contributed by atoms with Crippen LogP contribution in [-0.2, 0) is 14.3 Å². The van der Waals surface area contributed by atoms with Crippen LogP contribution in [0.3, 0.4) is 0 Å². The zero-order valence-corrected chi connectivity index (χ0v) is 27.4. The fourth-order valence-electron chi connectivity index (χ4n) is 5.17. The quantitative estimate of drug-likeness (QED) is 0.0582. The van der Waals surface area contributed by atoms with Crippen LogP contribution in [0.15, 0.2) is 36.5 Å². The average Bonchev–Trinajstić information content (AvgIpc) is 3.02. The fourth-order valence-corrected chi connectivity index (χ4v) is 5.17. The smallest absolute Gasteiger partial charge is 0.220 e. The maximum Gasteiger partial charge on any atom is 0.220 e. The minimum atomic E-state index is -1.55. The third kappa shape index (κ3) is 18.4. The lowest BCUT2D eigenvalue weighted by Gasteiger charge is -2.40. The molecule has 7 unspecified atom stereocenters. The number of unbranched alkanes of at least 4 members (excludes halogenated alkanes) is 10. The Morgan fingerprint density at radius 2 is 1.41 bits per heavy atom. The summed E-state index contributed by atoms with van der Waals surface area (Å²) in [6, 6.07) is -0.718. The van der Waals surface area contributed by atoms with E-state index in [-0.39, 0.29) is 12.5 Å². The lowest BCUT2D eigenvalue weighted by Crippen LogP contribution is -2.60. The Hall–Kier alpha value is -1.59. The van der Waals surface area contributed by atoms with Crippen LogP contribution in [0.5, 0.6) is 0 Å². The molecule has 0 radical (unpaired) electrons. The van der Waals surface area contributed by atoms with E-state index in [1.807, 2.05) is 0 Å². The van der Waals surface area contributed by atoms with Gasteiger partial charge < -0.3 is 40.3 Å². The second kappa shape index (κ2) is 26.6. The molecule has 0 spiro atoms. The number of ether oxygens (including phenoxy) is 2. The van der Waals surface area contributed by atoms with Gasteiger partial charge in [0, 0.05) is 6.42 Å². The van der Waals surface area contributed by atoms with Crippen molar-refractivity contribution in [1.29, 1.82) is 0 Å². The summed E-state index contributed by atoms with van der Waals surface area (Å²) in [4.78, 5) is 12.7. The van der Waals surface area contributed by atoms with Gasteiger partial charge in [0.05, 0.1) is 25.4 Å². The highest BCUT2D eigenvalue weighted by atomic mass is 16.7. The van der Waals surface area contributed by atoms with Crippen LogP contribution >= 0.6 is 0 Å². The molecule has 256 valence electrons. The molecule has 0 saturated carbocycles. The van der Waals surface area contributed by atoms with Gasteiger partial charge in [-0.05, 0) is 44.9 Å². The number of amides is 1. The Bertz CT molecular complexity index is 787. The van der Waals surface area contributed by atoms with Crippen molar-refractivity contribution in [1.82, 2.24) is 5.32 Å². The molecule has 1 saturated heterocycles. The Kier molecular flexibility index (Phi) is 24.5. The predicted molar refractivity (Wildman–Crippen MR) is 175 cm³/mol. The molecule has 9 heteroatoms. The van der Waals surface area contributed by atoms with E-state index in [0.29, 0.717) is 12.8 Å². The van der Waals surface area contributed by atoms with E-state index in [1.54, 1.807) is 0 Å². The van der Waals surface area contributed by atoms with Crippen molar-refractivity contribution in [3.63, 3.8) is 0 Å². The number of nitrogens with one attached hydrogen (secondary N) is 1. The average molecular weight is 626 g/mol. The van der Waals surface area contributed by atoms with Crippen molar-refractivity contribution >= 4 is 5.91 Å².